The highest BCUT2D eigenvalue weighted by Gasteiger charge is 2.16. The minimum atomic E-state index is -0.0444. The van der Waals surface area contributed by atoms with Gasteiger partial charge in [0.05, 0.1) is 18.4 Å². The van der Waals surface area contributed by atoms with Crippen LogP contribution in [0.5, 0.6) is 0 Å². The van der Waals surface area contributed by atoms with Crippen LogP contribution >= 0.6 is 11.6 Å². The molecule has 0 saturated heterocycles. The van der Waals surface area contributed by atoms with Crippen LogP contribution in [-0.2, 0) is 13.1 Å². The summed E-state index contributed by atoms with van der Waals surface area (Å²) in [7, 11) is 0. The van der Waals surface area contributed by atoms with E-state index in [1.807, 2.05) is 83.4 Å². The molecule has 0 N–H and O–H groups in total. The van der Waals surface area contributed by atoms with Crippen LogP contribution in [0, 0.1) is 0 Å². The topological polar surface area (TPSA) is 39.8 Å². The Labute approximate surface area is 172 Å². The molecule has 5 aromatic rings. The predicted molar refractivity (Wildman–Crippen MR) is 118 cm³/mol. The van der Waals surface area contributed by atoms with Crippen molar-refractivity contribution in [2.45, 2.75) is 13.1 Å². The lowest BCUT2D eigenvalue weighted by Gasteiger charge is -2.10. The molecule has 0 fully saturated rings. The van der Waals surface area contributed by atoms with Crippen LogP contribution in [0.1, 0.15) is 11.1 Å². The van der Waals surface area contributed by atoms with E-state index >= 15 is 0 Å². The highest BCUT2D eigenvalue weighted by Crippen LogP contribution is 2.26. The standard InChI is InChI=1S/C24H18ClN3O/c25-19-10-6-9-18(13-19)15-28-21-12-5-4-11-20(21)22-23(28)24(29)27(16-26-22)14-17-7-2-1-3-8-17/h1-13,16H,14-15H2. The Bertz CT molecular complexity index is 1390. The van der Waals surface area contributed by atoms with Crippen molar-refractivity contribution in [3.8, 4) is 0 Å². The number of aromatic nitrogens is 3. The Kier molecular flexibility index (Phi) is 4.41. The Balaban J connectivity index is 1.72. The number of fused-ring (bicyclic) bond motifs is 3. The van der Waals surface area contributed by atoms with Gasteiger partial charge < -0.3 is 4.57 Å². The highest BCUT2D eigenvalue weighted by molar-refractivity contribution is 6.30. The molecule has 5 rings (SSSR count). The first-order chi connectivity index (χ1) is 14.2. The van der Waals surface area contributed by atoms with Crippen LogP contribution in [0.4, 0.5) is 0 Å². The molecular weight excluding hydrogens is 382 g/mol. The van der Waals surface area contributed by atoms with Crippen molar-refractivity contribution >= 4 is 33.5 Å². The first-order valence-electron chi connectivity index (χ1n) is 9.45. The first-order valence-corrected chi connectivity index (χ1v) is 9.83. The Hall–Kier alpha value is -3.37. The van der Waals surface area contributed by atoms with Gasteiger partial charge in [-0.2, -0.15) is 0 Å². The normalized spacial score (nSPS) is 11.3. The van der Waals surface area contributed by atoms with Gasteiger partial charge in [-0.15, -0.1) is 0 Å². The molecule has 0 aliphatic carbocycles. The lowest BCUT2D eigenvalue weighted by molar-refractivity contribution is 0.737. The van der Waals surface area contributed by atoms with Crippen molar-refractivity contribution in [3.05, 3.63) is 112 Å². The summed E-state index contributed by atoms with van der Waals surface area (Å²) in [6.07, 6.45) is 1.65. The molecule has 0 bridgehead atoms. The SMILES string of the molecule is O=c1c2c(ncn1Cc1ccccc1)c1ccccc1n2Cc1cccc(Cl)c1. The molecule has 29 heavy (non-hydrogen) atoms. The van der Waals surface area contributed by atoms with Gasteiger partial charge in [0.1, 0.15) is 11.0 Å². The number of nitrogens with zero attached hydrogens (tertiary/aromatic N) is 3. The number of halogens is 1. The van der Waals surface area contributed by atoms with Crippen LogP contribution in [-0.4, -0.2) is 14.1 Å². The molecule has 0 unspecified atom stereocenters. The summed E-state index contributed by atoms with van der Waals surface area (Å²) in [5, 5.41) is 1.66. The molecule has 2 aromatic heterocycles. The van der Waals surface area contributed by atoms with Gasteiger partial charge in [-0.05, 0) is 29.3 Å². The second-order valence-corrected chi connectivity index (χ2v) is 7.53. The van der Waals surface area contributed by atoms with E-state index in [-0.39, 0.29) is 5.56 Å². The second kappa shape index (κ2) is 7.22. The smallest absolute Gasteiger partial charge is 0.278 e. The number of benzene rings is 3. The number of rotatable bonds is 4. The molecule has 0 aliphatic rings. The molecular formula is C24H18ClN3O. The van der Waals surface area contributed by atoms with Gasteiger partial charge in [0.2, 0.25) is 0 Å². The average molecular weight is 400 g/mol. The molecule has 142 valence electrons. The van der Waals surface area contributed by atoms with Crippen molar-refractivity contribution in [1.29, 1.82) is 0 Å². The van der Waals surface area contributed by atoms with Crippen molar-refractivity contribution < 1.29 is 0 Å². The molecule has 0 saturated carbocycles. The maximum atomic E-state index is 13.5. The lowest BCUT2D eigenvalue weighted by atomic mass is 10.2. The third kappa shape index (κ3) is 3.22. The third-order valence-corrected chi connectivity index (χ3v) is 5.39. The largest absolute Gasteiger partial charge is 0.330 e. The van der Waals surface area contributed by atoms with E-state index in [0.29, 0.717) is 23.6 Å². The fourth-order valence-corrected chi connectivity index (χ4v) is 4.04. The highest BCUT2D eigenvalue weighted by atomic mass is 35.5. The fraction of sp³-hybridized carbons (Fsp3) is 0.0833. The van der Waals surface area contributed by atoms with Crippen molar-refractivity contribution in [2.24, 2.45) is 0 Å². The third-order valence-electron chi connectivity index (χ3n) is 5.16. The summed E-state index contributed by atoms with van der Waals surface area (Å²) >= 11 is 6.18. The molecule has 0 radical (unpaired) electrons. The van der Waals surface area contributed by atoms with E-state index in [4.69, 9.17) is 11.6 Å². The molecule has 0 atom stereocenters. The number of para-hydroxylation sites is 1. The summed E-state index contributed by atoms with van der Waals surface area (Å²) in [5.41, 5.74) is 4.40. The molecule has 2 heterocycles. The summed E-state index contributed by atoms with van der Waals surface area (Å²) < 4.78 is 3.72. The summed E-state index contributed by atoms with van der Waals surface area (Å²) in [6.45, 7) is 1.04. The minimum Gasteiger partial charge on any atom is -0.330 e. The minimum absolute atomic E-state index is 0.0444. The van der Waals surface area contributed by atoms with Gasteiger partial charge in [-0.25, -0.2) is 4.98 Å². The molecule has 0 spiro atoms. The zero-order valence-electron chi connectivity index (χ0n) is 15.6. The fourth-order valence-electron chi connectivity index (χ4n) is 3.82. The Morgan fingerprint density at radius 3 is 2.41 bits per heavy atom. The van der Waals surface area contributed by atoms with E-state index in [1.54, 1.807) is 10.9 Å². The van der Waals surface area contributed by atoms with E-state index in [0.717, 1.165) is 27.5 Å². The van der Waals surface area contributed by atoms with Gasteiger partial charge >= 0.3 is 0 Å². The van der Waals surface area contributed by atoms with E-state index in [9.17, 15) is 4.79 Å². The van der Waals surface area contributed by atoms with Gasteiger partial charge in [0.15, 0.2) is 0 Å². The zero-order chi connectivity index (χ0) is 19.8. The molecule has 3 aromatic carbocycles. The van der Waals surface area contributed by atoms with E-state index in [2.05, 4.69) is 4.98 Å². The van der Waals surface area contributed by atoms with Gasteiger partial charge in [0.25, 0.3) is 5.56 Å². The van der Waals surface area contributed by atoms with Crippen LogP contribution in [0.15, 0.2) is 90.0 Å². The number of hydrogen-bond acceptors (Lipinski definition) is 2. The van der Waals surface area contributed by atoms with E-state index in [1.165, 1.54) is 0 Å². The summed E-state index contributed by atoms with van der Waals surface area (Å²) in [4.78, 5) is 18.1. The van der Waals surface area contributed by atoms with Gasteiger partial charge in [-0.1, -0.05) is 72.3 Å². The lowest BCUT2D eigenvalue weighted by Crippen LogP contribution is -2.23. The van der Waals surface area contributed by atoms with E-state index < -0.39 is 0 Å². The van der Waals surface area contributed by atoms with Crippen molar-refractivity contribution in [1.82, 2.24) is 14.1 Å². The maximum absolute atomic E-state index is 13.5. The number of hydrogen-bond donors (Lipinski definition) is 0. The summed E-state index contributed by atoms with van der Waals surface area (Å²) in [5.74, 6) is 0. The maximum Gasteiger partial charge on any atom is 0.278 e. The second-order valence-electron chi connectivity index (χ2n) is 7.09. The van der Waals surface area contributed by atoms with Crippen molar-refractivity contribution in [2.75, 3.05) is 0 Å². The van der Waals surface area contributed by atoms with Crippen LogP contribution in [0.25, 0.3) is 21.9 Å². The zero-order valence-corrected chi connectivity index (χ0v) is 16.4. The van der Waals surface area contributed by atoms with Gasteiger partial charge in [-0.3, -0.25) is 9.36 Å². The quantitative estimate of drug-likeness (QED) is 0.421. The predicted octanol–water partition coefficient (Wildman–Crippen LogP) is 5.10. The van der Waals surface area contributed by atoms with Crippen LogP contribution in [0.2, 0.25) is 5.02 Å². The van der Waals surface area contributed by atoms with Crippen molar-refractivity contribution in [3.63, 3.8) is 0 Å². The molecule has 0 aliphatic heterocycles. The van der Waals surface area contributed by atoms with Crippen LogP contribution < -0.4 is 5.56 Å². The molecule has 5 heteroatoms. The Morgan fingerprint density at radius 1 is 0.828 bits per heavy atom. The van der Waals surface area contributed by atoms with Gasteiger partial charge in [0, 0.05) is 17.0 Å². The van der Waals surface area contributed by atoms with Crippen LogP contribution in [0.3, 0.4) is 0 Å². The monoisotopic (exact) mass is 399 g/mol. The summed E-state index contributed by atoms with van der Waals surface area (Å²) in [6, 6.07) is 25.7. The first kappa shape index (κ1) is 17.7. The Morgan fingerprint density at radius 2 is 1.59 bits per heavy atom. The molecule has 0 amide bonds. The molecule has 4 nitrogen and oxygen atoms in total. The average Bonchev–Trinajstić information content (AvgIpc) is 3.05.